The molecule has 0 radical (unpaired) electrons. The second-order valence-corrected chi connectivity index (χ2v) is 6.66. The minimum Gasteiger partial charge on any atom is -0.395 e. The van der Waals surface area contributed by atoms with Crippen molar-refractivity contribution in [1.29, 1.82) is 0 Å². The van der Waals surface area contributed by atoms with Gasteiger partial charge in [0.2, 0.25) is 0 Å². The fourth-order valence-electron chi connectivity index (χ4n) is 3.19. The van der Waals surface area contributed by atoms with E-state index >= 15 is 0 Å². The molecule has 4 nitrogen and oxygen atoms in total. The lowest BCUT2D eigenvalue weighted by atomic mass is 9.87. The Hall–Kier alpha value is -1.55. The van der Waals surface area contributed by atoms with Crippen molar-refractivity contribution in [2.24, 2.45) is 5.41 Å². The van der Waals surface area contributed by atoms with Crippen LogP contribution in [-0.4, -0.2) is 42.3 Å². The van der Waals surface area contributed by atoms with Gasteiger partial charge >= 0.3 is 6.03 Å². The van der Waals surface area contributed by atoms with E-state index in [1.807, 2.05) is 0 Å². The molecule has 1 aliphatic carbocycles. The number of rotatable bonds is 7. The Bertz CT molecular complexity index is 477. The van der Waals surface area contributed by atoms with E-state index in [0.29, 0.717) is 19.6 Å². The third kappa shape index (κ3) is 4.23. The monoisotopic (exact) mass is 304 g/mol. The smallest absolute Gasteiger partial charge is 0.317 e. The highest BCUT2D eigenvalue weighted by Gasteiger charge is 2.33. The van der Waals surface area contributed by atoms with Gasteiger partial charge in [0.1, 0.15) is 0 Å². The van der Waals surface area contributed by atoms with Gasteiger partial charge in [-0.25, -0.2) is 4.79 Å². The van der Waals surface area contributed by atoms with Crippen molar-refractivity contribution >= 4 is 6.03 Å². The lowest BCUT2D eigenvalue weighted by Crippen LogP contribution is -2.45. The number of hydrogen-bond donors (Lipinski definition) is 2. The van der Waals surface area contributed by atoms with E-state index in [-0.39, 0.29) is 18.1 Å². The van der Waals surface area contributed by atoms with E-state index in [2.05, 4.69) is 43.4 Å². The van der Waals surface area contributed by atoms with Crippen LogP contribution in [0.15, 0.2) is 24.3 Å². The summed E-state index contributed by atoms with van der Waals surface area (Å²) in [6, 6.07) is 8.47. The van der Waals surface area contributed by atoms with Gasteiger partial charge in [-0.1, -0.05) is 44.5 Å². The number of benzene rings is 1. The summed E-state index contributed by atoms with van der Waals surface area (Å²) in [7, 11) is 0. The number of aliphatic hydroxyl groups is 1. The zero-order valence-electron chi connectivity index (χ0n) is 13.8. The number of fused-ring (bicyclic) bond motifs is 1. The average Bonchev–Trinajstić information content (AvgIpc) is 2.85. The highest BCUT2D eigenvalue weighted by atomic mass is 16.3. The van der Waals surface area contributed by atoms with Crippen LogP contribution in [0, 0.1) is 5.41 Å². The molecule has 0 aromatic heterocycles. The first kappa shape index (κ1) is 16.8. The van der Waals surface area contributed by atoms with Gasteiger partial charge in [-0.3, -0.25) is 0 Å². The summed E-state index contributed by atoms with van der Waals surface area (Å²) in [6.07, 6.45) is 4.04. The summed E-state index contributed by atoms with van der Waals surface area (Å²) < 4.78 is 0. The van der Waals surface area contributed by atoms with E-state index in [1.165, 1.54) is 11.1 Å². The fourth-order valence-corrected chi connectivity index (χ4v) is 3.19. The predicted octanol–water partition coefficient (Wildman–Crippen LogP) is 2.60. The second kappa shape index (κ2) is 7.63. The van der Waals surface area contributed by atoms with Crippen molar-refractivity contribution in [1.82, 2.24) is 10.2 Å². The van der Waals surface area contributed by atoms with Crippen LogP contribution in [0.5, 0.6) is 0 Å². The van der Waals surface area contributed by atoms with Crippen molar-refractivity contribution in [2.45, 2.75) is 39.5 Å². The number of nitrogens with zero attached hydrogens (tertiary/aromatic N) is 1. The number of nitrogens with one attached hydrogen (secondary N) is 1. The molecule has 1 aromatic carbocycles. The fraction of sp³-hybridized carbons (Fsp3) is 0.611. The molecule has 0 spiro atoms. The first-order valence-electron chi connectivity index (χ1n) is 8.28. The SMILES string of the molecule is CCCCN(CCO)C(=O)NCC1(C)Cc2ccccc2C1. The first-order valence-corrected chi connectivity index (χ1v) is 8.28. The third-order valence-corrected chi connectivity index (χ3v) is 4.46. The van der Waals surface area contributed by atoms with Crippen molar-refractivity contribution in [2.75, 3.05) is 26.2 Å². The standard InChI is InChI=1S/C18H28N2O2/c1-3-4-9-20(10-11-21)17(22)19-14-18(2)12-15-7-5-6-8-16(15)13-18/h5-8,21H,3-4,9-14H2,1-2H3,(H,19,22). The summed E-state index contributed by atoms with van der Waals surface area (Å²) in [5, 5.41) is 12.2. The van der Waals surface area contributed by atoms with Crippen LogP contribution in [0.4, 0.5) is 4.79 Å². The third-order valence-electron chi connectivity index (χ3n) is 4.46. The van der Waals surface area contributed by atoms with E-state index in [1.54, 1.807) is 4.90 Å². The summed E-state index contributed by atoms with van der Waals surface area (Å²) in [6.45, 7) is 6.14. The predicted molar refractivity (Wildman–Crippen MR) is 88.9 cm³/mol. The Morgan fingerprint density at radius 3 is 2.45 bits per heavy atom. The van der Waals surface area contributed by atoms with Gasteiger partial charge in [0, 0.05) is 19.6 Å². The zero-order chi connectivity index (χ0) is 16.0. The van der Waals surface area contributed by atoms with Gasteiger partial charge in [0.05, 0.1) is 6.61 Å². The molecule has 22 heavy (non-hydrogen) atoms. The van der Waals surface area contributed by atoms with E-state index in [0.717, 1.165) is 25.7 Å². The van der Waals surface area contributed by atoms with Crippen LogP contribution in [-0.2, 0) is 12.8 Å². The molecule has 0 bridgehead atoms. The van der Waals surface area contributed by atoms with Crippen LogP contribution in [0.25, 0.3) is 0 Å². The molecule has 1 aliphatic rings. The molecule has 0 fully saturated rings. The zero-order valence-corrected chi connectivity index (χ0v) is 13.8. The molecule has 122 valence electrons. The molecular weight excluding hydrogens is 276 g/mol. The summed E-state index contributed by atoms with van der Waals surface area (Å²) in [5.74, 6) is 0. The van der Waals surface area contributed by atoms with Crippen LogP contribution in [0.2, 0.25) is 0 Å². The molecule has 4 heteroatoms. The van der Waals surface area contributed by atoms with Crippen LogP contribution < -0.4 is 5.32 Å². The minimum atomic E-state index is -0.0559. The normalized spacial score (nSPS) is 15.4. The summed E-state index contributed by atoms with van der Waals surface area (Å²) >= 11 is 0. The maximum absolute atomic E-state index is 12.3. The van der Waals surface area contributed by atoms with Gasteiger partial charge in [0.15, 0.2) is 0 Å². The number of urea groups is 1. The Morgan fingerprint density at radius 1 is 1.27 bits per heavy atom. The molecule has 0 saturated heterocycles. The highest BCUT2D eigenvalue weighted by Crippen LogP contribution is 2.35. The number of amides is 2. The Labute approximate surface area is 133 Å². The molecule has 1 aromatic rings. The van der Waals surface area contributed by atoms with E-state index in [4.69, 9.17) is 5.11 Å². The lowest BCUT2D eigenvalue weighted by Gasteiger charge is -2.27. The molecule has 0 unspecified atom stereocenters. The molecule has 2 amide bonds. The van der Waals surface area contributed by atoms with Crippen molar-refractivity contribution in [3.05, 3.63) is 35.4 Å². The maximum atomic E-state index is 12.3. The topological polar surface area (TPSA) is 52.6 Å². The van der Waals surface area contributed by atoms with Crippen LogP contribution in [0.3, 0.4) is 0 Å². The van der Waals surface area contributed by atoms with E-state index < -0.39 is 0 Å². The molecule has 2 rings (SSSR count). The summed E-state index contributed by atoms with van der Waals surface area (Å²) in [4.78, 5) is 14.0. The lowest BCUT2D eigenvalue weighted by molar-refractivity contribution is 0.171. The minimum absolute atomic E-state index is 0.0137. The number of unbranched alkanes of at least 4 members (excludes halogenated alkanes) is 1. The van der Waals surface area contributed by atoms with Crippen molar-refractivity contribution < 1.29 is 9.90 Å². The Balaban J connectivity index is 1.88. The molecular formula is C18H28N2O2. The second-order valence-electron chi connectivity index (χ2n) is 6.66. The van der Waals surface area contributed by atoms with Gasteiger partial charge in [0.25, 0.3) is 0 Å². The van der Waals surface area contributed by atoms with Gasteiger partial charge in [-0.15, -0.1) is 0 Å². The molecule has 0 atom stereocenters. The van der Waals surface area contributed by atoms with Crippen LogP contribution in [0.1, 0.15) is 37.8 Å². The maximum Gasteiger partial charge on any atom is 0.317 e. The highest BCUT2D eigenvalue weighted by molar-refractivity contribution is 5.74. The molecule has 0 heterocycles. The first-order chi connectivity index (χ1) is 10.6. The Kier molecular flexibility index (Phi) is 5.83. The largest absolute Gasteiger partial charge is 0.395 e. The van der Waals surface area contributed by atoms with Gasteiger partial charge in [-0.2, -0.15) is 0 Å². The molecule has 0 aliphatic heterocycles. The number of hydrogen-bond acceptors (Lipinski definition) is 2. The molecule has 0 saturated carbocycles. The number of aliphatic hydroxyl groups excluding tert-OH is 1. The number of carbonyl (C=O) groups is 1. The average molecular weight is 304 g/mol. The van der Waals surface area contributed by atoms with Crippen molar-refractivity contribution in [3.8, 4) is 0 Å². The van der Waals surface area contributed by atoms with Crippen molar-refractivity contribution in [3.63, 3.8) is 0 Å². The Morgan fingerprint density at radius 2 is 1.91 bits per heavy atom. The number of carbonyl (C=O) groups excluding carboxylic acids is 1. The van der Waals surface area contributed by atoms with Gasteiger partial charge in [-0.05, 0) is 35.8 Å². The van der Waals surface area contributed by atoms with E-state index in [9.17, 15) is 4.79 Å². The molecule has 2 N–H and O–H groups in total. The quantitative estimate of drug-likeness (QED) is 0.813. The summed E-state index contributed by atoms with van der Waals surface area (Å²) in [5.41, 5.74) is 2.89. The van der Waals surface area contributed by atoms with Gasteiger partial charge < -0.3 is 15.3 Å². The van der Waals surface area contributed by atoms with Crippen LogP contribution >= 0.6 is 0 Å².